The lowest BCUT2D eigenvalue weighted by atomic mass is 10.1. The number of aliphatic hydroxyl groups excluding tert-OH is 1. The van der Waals surface area contributed by atoms with Crippen molar-refractivity contribution in [2.24, 2.45) is 0 Å². The van der Waals surface area contributed by atoms with E-state index in [9.17, 15) is 0 Å². The number of hydrogen-bond donors (Lipinski definition) is 1. The summed E-state index contributed by atoms with van der Waals surface area (Å²) in [5.41, 5.74) is 1.18. The zero-order valence-electron chi connectivity index (χ0n) is 9.02. The second kappa shape index (κ2) is 4.64. The molecule has 0 bridgehead atoms. The van der Waals surface area contributed by atoms with Gasteiger partial charge in [0.25, 0.3) is 0 Å². The van der Waals surface area contributed by atoms with Gasteiger partial charge in [-0.15, -0.1) is 0 Å². The van der Waals surface area contributed by atoms with Crippen LogP contribution in [-0.4, -0.2) is 42.4 Å². The first-order valence-corrected chi connectivity index (χ1v) is 5.35. The van der Waals surface area contributed by atoms with E-state index in [1.807, 2.05) is 18.2 Å². The summed E-state index contributed by atoms with van der Waals surface area (Å²) in [6.07, 6.45) is 0.289. The molecular weight excluding hydrogens is 190 g/mol. The van der Waals surface area contributed by atoms with Crippen LogP contribution in [0.25, 0.3) is 0 Å². The van der Waals surface area contributed by atoms with Crippen molar-refractivity contribution in [3.8, 4) is 5.75 Å². The van der Waals surface area contributed by atoms with E-state index in [2.05, 4.69) is 17.9 Å². The summed E-state index contributed by atoms with van der Waals surface area (Å²) in [5.74, 6) is 0.978. The number of para-hydroxylation sites is 1. The van der Waals surface area contributed by atoms with E-state index in [0.29, 0.717) is 0 Å². The molecule has 1 aliphatic heterocycles. The van der Waals surface area contributed by atoms with Crippen molar-refractivity contribution >= 4 is 0 Å². The molecular formula is C12H17NO2. The molecule has 15 heavy (non-hydrogen) atoms. The molecule has 1 aliphatic rings. The third-order valence-electron chi connectivity index (χ3n) is 2.73. The lowest BCUT2D eigenvalue weighted by Gasteiger charge is -2.38. The SMILES string of the molecule is Cc1ccccc1OC1CN(CCO)C1. The Morgan fingerprint density at radius 1 is 1.40 bits per heavy atom. The molecule has 82 valence electrons. The summed E-state index contributed by atoms with van der Waals surface area (Å²) < 4.78 is 5.83. The highest BCUT2D eigenvalue weighted by Crippen LogP contribution is 2.21. The van der Waals surface area contributed by atoms with Crippen LogP contribution in [0.2, 0.25) is 0 Å². The predicted octanol–water partition coefficient (Wildman–Crippen LogP) is 1.05. The topological polar surface area (TPSA) is 32.7 Å². The minimum atomic E-state index is 0.233. The first kappa shape index (κ1) is 10.5. The molecule has 3 nitrogen and oxygen atoms in total. The Kier molecular flexibility index (Phi) is 3.23. The largest absolute Gasteiger partial charge is 0.487 e. The summed E-state index contributed by atoms with van der Waals surface area (Å²) in [6.45, 7) is 4.90. The number of hydrogen-bond acceptors (Lipinski definition) is 3. The molecule has 0 amide bonds. The van der Waals surface area contributed by atoms with Crippen molar-refractivity contribution in [3.05, 3.63) is 29.8 Å². The first-order valence-electron chi connectivity index (χ1n) is 5.35. The van der Waals surface area contributed by atoms with E-state index in [4.69, 9.17) is 9.84 Å². The van der Waals surface area contributed by atoms with Crippen LogP contribution in [0.5, 0.6) is 5.75 Å². The molecule has 1 N–H and O–H groups in total. The van der Waals surface area contributed by atoms with Crippen molar-refractivity contribution in [2.45, 2.75) is 13.0 Å². The van der Waals surface area contributed by atoms with Crippen LogP contribution in [0.3, 0.4) is 0 Å². The Balaban J connectivity index is 1.82. The second-order valence-electron chi connectivity index (χ2n) is 3.99. The van der Waals surface area contributed by atoms with E-state index >= 15 is 0 Å². The van der Waals surface area contributed by atoms with Gasteiger partial charge in [-0.1, -0.05) is 18.2 Å². The molecule has 2 rings (SSSR count). The molecule has 1 aromatic rings. The maximum atomic E-state index is 8.74. The fraction of sp³-hybridized carbons (Fsp3) is 0.500. The van der Waals surface area contributed by atoms with Gasteiger partial charge in [0.15, 0.2) is 0 Å². The van der Waals surface area contributed by atoms with E-state index in [1.54, 1.807) is 0 Å². The van der Waals surface area contributed by atoms with Gasteiger partial charge < -0.3 is 9.84 Å². The van der Waals surface area contributed by atoms with Crippen LogP contribution in [0, 0.1) is 6.92 Å². The Labute approximate surface area is 90.3 Å². The molecule has 0 radical (unpaired) electrons. The van der Waals surface area contributed by atoms with E-state index in [0.717, 1.165) is 25.4 Å². The zero-order chi connectivity index (χ0) is 10.7. The molecule has 1 saturated heterocycles. The maximum Gasteiger partial charge on any atom is 0.124 e. The number of rotatable bonds is 4. The smallest absolute Gasteiger partial charge is 0.124 e. The number of nitrogens with zero attached hydrogens (tertiary/aromatic N) is 1. The van der Waals surface area contributed by atoms with Crippen molar-refractivity contribution < 1.29 is 9.84 Å². The highest BCUT2D eigenvalue weighted by atomic mass is 16.5. The average Bonchev–Trinajstić information content (AvgIpc) is 2.18. The van der Waals surface area contributed by atoms with Crippen molar-refractivity contribution in [2.75, 3.05) is 26.2 Å². The van der Waals surface area contributed by atoms with Gasteiger partial charge in [0.1, 0.15) is 11.9 Å². The number of aryl methyl sites for hydroxylation is 1. The van der Waals surface area contributed by atoms with Gasteiger partial charge in [0, 0.05) is 19.6 Å². The molecule has 0 aliphatic carbocycles. The molecule has 0 saturated carbocycles. The molecule has 0 aromatic heterocycles. The van der Waals surface area contributed by atoms with Crippen LogP contribution in [0.15, 0.2) is 24.3 Å². The molecule has 3 heteroatoms. The summed E-state index contributed by atoms with van der Waals surface area (Å²) in [7, 11) is 0. The van der Waals surface area contributed by atoms with Gasteiger partial charge >= 0.3 is 0 Å². The fourth-order valence-corrected chi connectivity index (χ4v) is 1.79. The first-order chi connectivity index (χ1) is 7.29. The summed E-state index contributed by atoms with van der Waals surface area (Å²) in [4.78, 5) is 2.18. The lowest BCUT2D eigenvalue weighted by molar-refractivity contribution is 0.0103. The highest BCUT2D eigenvalue weighted by molar-refractivity contribution is 5.32. The zero-order valence-corrected chi connectivity index (χ0v) is 9.02. The number of benzene rings is 1. The van der Waals surface area contributed by atoms with Gasteiger partial charge in [0.2, 0.25) is 0 Å². The van der Waals surface area contributed by atoms with Gasteiger partial charge in [0.05, 0.1) is 6.61 Å². The van der Waals surface area contributed by atoms with Crippen LogP contribution in [0.1, 0.15) is 5.56 Å². The summed E-state index contributed by atoms with van der Waals surface area (Å²) in [6, 6.07) is 8.07. The Hall–Kier alpha value is -1.06. The predicted molar refractivity (Wildman–Crippen MR) is 59.1 cm³/mol. The average molecular weight is 207 g/mol. The normalized spacial score (nSPS) is 17.5. The quantitative estimate of drug-likeness (QED) is 0.801. The number of ether oxygens (including phenoxy) is 1. The standard InChI is InChI=1S/C12H17NO2/c1-10-4-2-3-5-12(10)15-11-8-13(9-11)6-7-14/h2-5,11,14H,6-9H2,1H3. The Bertz CT molecular complexity index is 321. The molecule has 1 heterocycles. The van der Waals surface area contributed by atoms with Crippen LogP contribution < -0.4 is 4.74 Å². The summed E-state index contributed by atoms with van der Waals surface area (Å²) in [5, 5.41) is 8.74. The fourth-order valence-electron chi connectivity index (χ4n) is 1.79. The number of aliphatic hydroxyl groups is 1. The number of β-amino-alcohol motifs (C(OH)–C–C–N with tert-alkyl or cyclic N) is 1. The minimum Gasteiger partial charge on any atom is -0.487 e. The Morgan fingerprint density at radius 2 is 2.13 bits per heavy atom. The highest BCUT2D eigenvalue weighted by Gasteiger charge is 2.27. The molecule has 0 atom stereocenters. The molecule has 0 spiro atoms. The van der Waals surface area contributed by atoms with Crippen molar-refractivity contribution in [1.29, 1.82) is 0 Å². The third-order valence-corrected chi connectivity index (χ3v) is 2.73. The molecule has 0 unspecified atom stereocenters. The van der Waals surface area contributed by atoms with Crippen LogP contribution in [-0.2, 0) is 0 Å². The third kappa shape index (κ3) is 2.49. The summed E-state index contributed by atoms with van der Waals surface area (Å²) >= 11 is 0. The lowest BCUT2D eigenvalue weighted by Crippen LogP contribution is -2.54. The van der Waals surface area contributed by atoms with Crippen molar-refractivity contribution in [3.63, 3.8) is 0 Å². The van der Waals surface area contributed by atoms with Gasteiger partial charge in [-0.05, 0) is 18.6 Å². The van der Waals surface area contributed by atoms with Gasteiger partial charge in [-0.25, -0.2) is 0 Å². The van der Waals surface area contributed by atoms with Crippen LogP contribution >= 0.6 is 0 Å². The second-order valence-corrected chi connectivity index (χ2v) is 3.99. The molecule has 1 fully saturated rings. The maximum absolute atomic E-state index is 8.74. The van der Waals surface area contributed by atoms with Gasteiger partial charge in [-0.2, -0.15) is 0 Å². The Morgan fingerprint density at radius 3 is 2.80 bits per heavy atom. The minimum absolute atomic E-state index is 0.233. The van der Waals surface area contributed by atoms with E-state index in [1.165, 1.54) is 5.56 Å². The molecule has 1 aromatic carbocycles. The van der Waals surface area contributed by atoms with E-state index < -0.39 is 0 Å². The van der Waals surface area contributed by atoms with Crippen LogP contribution in [0.4, 0.5) is 0 Å². The van der Waals surface area contributed by atoms with E-state index in [-0.39, 0.29) is 12.7 Å². The monoisotopic (exact) mass is 207 g/mol. The number of likely N-dealkylation sites (tertiary alicyclic amines) is 1. The van der Waals surface area contributed by atoms with Gasteiger partial charge in [-0.3, -0.25) is 4.90 Å². The van der Waals surface area contributed by atoms with Crippen molar-refractivity contribution in [1.82, 2.24) is 4.90 Å².